The van der Waals surface area contributed by atoms with Gasteiger partial charge in [0.1, 0.15) is 11.5 Å². The van der Waals surface area contributed by atoms with E-state index in [1.54, 1.807) is 7.11 Å². The summed E-state index contributed by atoms with van der Waals surface area (Å²) in [7, 11) is 1.66. The molecule has 0 aliphatic heterocycles. The second kappa shape index (κ2) is 10.5. The van der Waals surface area contributed by atoms with Crippen molar-refractivity contribution < 1.29 is 9.47 Å². The molecule has 1 fully saturated rings. The third-order valence-corrected chi connectivity index (χ3v) is 3.14. The van der Waals surface area contributed by atoms with Gasteiger partial charge in [-0.15, -0.1) is 24.0 Å². The van der Waals surface area contributed by atoms with Crippen LogP contribution in [0.25, 0.3) is 0 Å². The van der Waals surface area contributed by atoms with Gasteiger partial charge in [0.05, 0.1) is 13.7 Å². The highest BCUT2D eigenvalue weighted by Crippen LogP contribution is 2.19. The average Bonchev–Trinajstić information content (AvgIpc) is 3.31. The van der Waals surface area contributed by atoms with Crippen LogP contribution in [-0.2, 0) is 0 Å². The molecule has 1 aliphatic rings. The van der Waals surface area contributed by atoms with Crippen molar-refractivity contribution in [2.45, 2.75) is 32.2 Å². The third kappa shape index (κ3) is 7.20. The first-order valence-corrected chi connectivity index (χ1v) is 7.63. The van der Waals surface area contributed by atoms with Gasteiger partial charge in [0.25, 0.3) is 0 Å². The summed E-state index contributed by atoms with van der Waals surface area (Å²) in [5, 5.41) is 6.66. The highest BCUT2D eigenvalue weighted by Gasteiger charge is 2.21. The summed E-state index contributed by atoms with van der Waals surface area (Å²) in [6.45, 7) is 4.38. The fourth-order valence-electron chi connectivity index (χ4n) is 1.88. The third-order valence-electron chi connectivity index (χ3n) is 3.14. The number of nitrogens with zero attached hydrogens (tertiary/aromatic N) is 1. The number of ether oxygens (including phenoxy) is 2. The lowest BCUT2D eigenvalue weighted by molar-refractivity contribution is 0.311. The molecule has 2 rings (SSSR count). The van der Waals surface area contributed by atoms with Gasteiger partial charge in [-0.1, -0.05) is 6.07 Å². The minimum absolute atomic E-state index is 0. The zero-order chi connectivity index (χ0) is 14.9. The van der Waals surface area contributed by atoms with Crippen LogP contribution in [0, 0.1) is 0 Å². The van der Waals surface area contributed by atoms with E-state index in [2.05, 4.69) is 22.5 Å². The van der Waals surface area contributed by atoms with Crippen LogP contribution in [0.2, 0.25) is 0 Å². The van der Waals surface area contributed by atoms with Crippen molar-refractivity contribution in [2.75, 3.05) is 26.8 Å². The number of guanidine groups is 1. The lowest BCUT2D eigenvalue weighted by atomic mass is 10.3. The minimum atomic E-state index is 0. The summed E-state index contributed by atoms with van der Waals surface area (Å²) < 4.78 is 10.9. The number of halogens is 1. The number of methoxy groups -OCH3 is 1. The molecule has 0 aromatic heterocycles. The molecule has 6 heteroatoms. The maximum atomic E-state index is 5.69. The number of benzene rings is 1. The monoisotopic (exact) mass is 419 g/mol. The lowest BCUT2D eigenvalue weighted by Gasteiger charge is -2.10. The topological polar surface area (TPSA) is 54.9 Å². The average molecular weight is 419 g/mol. The molecule has 5 nitrogen and oxygen atoms in total. The second-order valence-electron chi connectivity index (χ2n) is 5.06. The number of rotatable bonds is 8. The zero-order valence-electron chi connectivity index (χ0n) is 13.3. The second-order valence-corrected chi connectivity index (χ2v) is 5.06. The molecule has 22 heavy (non-hydrogen) atoms. The molecule has 0 atom stereocenters. The van der Waals surface area contributed by atoms with E-state index in [1.165, 1.54) is 12.8 Å². The van der Waals surface area contributed by atoms with Crippen molar-refractivity contribution in [3.63, 3.8) is 0 Å². The Kier molecular flexibility index (Phi) is 9.03. The van der Waals surface area contributed by atoms with E-state index < -0.39 is 0 Å². The Morgan fingerprint density at radius 1 is 1.32 bits per heavy atom. The van der Waals surface area contributed by atoms with Gasteiger partial charge in [-0.3, -0.25) is 4.99 Å². The molecular weight excluding hydrogens is 393 g/mol. The standard InChI is InChI=1S/C16H25N3O2.HI/c1-3-17-16(19-13-8-9-13)18-10-5-11-21-15-7-4-6-14(12-15)20-2;/h4,6-7,12-13H,3,5,8-11H2,1-2H3,(H2,17,18,19);1H. The number of hydrogen-bond donors (Lipinski definition) is 2. The zero-order valence-corrected chi connectivity index (χ0v) is 15.6. The van der Waals surface area contributed by atoms with Crippen LogP contribution in [0.4, 0.5) is 0 Å². The molecule has 2 N–H and O–H groups in total. The van der Waals surface area contributed by atoms with E-state index in [4.69, 9.17) is 9.47 Å². The molecule has 0 heterocycles. The van der Waals surface area contributed by atoms with E-state index in [-0.39, 0.29) is 24.0 Å². The molecule has 1 aliphatic carbocycles. The summed E-state index contributed by atoms with van der Waals surface area (Å²) in [6.07, 6.45) is 3.39. The molecule has 0 unspecified atom stereocenters. The van der Waals surface area contributed by atoms with Crippen molar-refractivity contribution in [3.05, 3.63) is 24.3 Å². The molecular formula is C16H26IN3O2. The van der Waals surface area contributed by atoms with Gasteiger partial charge in [-0.25, -0.2) is 0 Å². The van der Waals surface area contributed by atoms with Crippen LogP contribution in [0.3, 0.4) is 0 Å². The van der Waals surface area contributed by atoms with E-state index >= 15 is 0 Å². The lowest BCUT2D eigenvalue weighted by Crippen LogP contribution is -2.38. The van der Waals surface area contributed by atoms with Crippen LogP contribution in [0.1, 0.15) is 26.2 Å². The Morgan fingerprint density at radius 2 is 2.09 bits per heavy atom. The molecule has 1 aromatic rings. The molecule has 0 saturated heterocycles. The normalized spacial score (nSPS) is 14.0. The van der Waals surface area contributed by atoms with Crippen molar-refractivity contribution in [2.24, 2.45) is 4.99 Å². The Hall–Kier alpha value is -1.18. The van der Waals surface area contributed by atoms with Crippen LogP contribution in [0.15, 0.2) is 29.3 Å². The molecule has 1 saturated carbocycles. The van der Waals surface area contributed by atoms with Gasteiger partial charge in [-0.2, -0.15) is 0 Å². The van der Waals surface area contributed by atoms with Crippen molar-refractivity contribution in [3.8, 4) is 11.5 Å². The van der Waals surface area contributed by atoms with Gasteiger partial charge >= 0.3 is 0 Å². The van der Waals surface area contributed by atoms with Crippen LogP contribution >= 0.6 is 24.0 Å². The Morgan fingerprint density at radius 3 is 2.77 bits per heavy atom. The van der Waals surface area contributed by atoms with Gasteiger partial charge in [0.2, 0.25) is 0 Å². The molecule has 0 spiro atoms. The van der Waals surface area contributed by atoms with Gasteiger partial charge in [-0.05, 0) is 31.9 Å². The first kappa shape index (κ1) is 18.9. The van der Waals surface area contributed by atoms with Crippen LogP contribution < -0.4 is 20.1 Å². The van der Waals surface area contributed by atoms with Gasteiger partial charge in [0, 0.05) is 31.6 Å². The molecule has 0 radical (unpaired) electrons. The van der Waals surface area contributed by atoms with Crippen molar-refractivity contribution in [1.82, 2.24) is 10.6 Å². The largest absolute Gasteiger partial charge is 0.497 e. The Bertz CT molecular complexity index is 464. The number of aliphatic imine (C=N–C) groups is 1. The number of hydrogen-bond acceptors (Lipinski definition) is 3. The van der Waals surface area contributed by atoms with Gasteiger partial charge in [0.15, 0.2) is 5.96 Å². The van der Waals surface area contributed by atoms with Crippen molar-refractivity contribution in [1.29, 1.82) is 0 Å². The van der Waals surface area contributed by atoms with E-state index in [1.807, 2.05) is 24.3 Å². The Labute approximate surface area is 149 Å². The molecule has 1 aromatic carbocycles. The Balaban J connectivity index is 0.00000242. The van der Waals surface area contributed by atoms with E-state index in [9.17, 15) is 0 Å². The predicted octanol–water partition coefficient (Wildman–Crippen LogP) is 2.80. The van der Waals surface area contributed by atoms with Gasteiger partial charge < -0.3 is 20.1 Å². The fourth-order valence-corrected chi connectivity index (χ4v) is 1.88. The highest BCUT2D eigenvalue weighted by atomic mass is 127. The summed E-state index contributed by atoms with van der Waals surface area (Å²) in [5.74, 6) is 2.57. The minimum Gasteiger partial charge on any atom is -0.497 e. The first-order valence-electron chi connectivity index (χ1n) is 7.63. The number of nitrogens with one attached hydrogen (secondary N) is 2. The smallest absolute Gasteiger partial charge is 0.191 e. The quantitative estimate of drug-likeness (QED) is 0.295. The fraction of sp³-hybridized carbons (Fsp3) is 0.562. The molecule has 0 amide bonds. The SMILES string of the molecule is CCNC(=NCCCOc1cccc(OC)c1)NC1CC1.I. The first-order chi connectivity index (χ1) is 10.3. The highest BCUT2D eigenvalue weighted by molar-refractivity contribution is 14.0. The molecule has 124 valence electrons. The molecule has 0 bridgehead atoms. The summed E-state index contributed by atoms with van der Waals surface area (Å²) in [5.41, 5.74) is 0. The summed E-state index contributed by atoms with van der Waals surface area (Å²) >= 11 is 0. The van der Waals surface area contributed by atoms with E-state index in [0.29, 0.717) is 12.6 Å². The maximum Gasteiger partial charge on any atom is 0.191 e. The van der Waals surface area contributed by atoms with Crippen molar-refractivity contribution >= 4 is 29.9 Å². The van der Waals surface area contributed by atoms with Crippen LogP contribution in [0.5, 0.6) is 11.5 Å². The summed E-state index contributed by atoms with van der Waals surface area (Å²) in [6, 6.07) is 8.28. The maximum absolute atomic E-state index is 5.69. The predicted molar refractivity (Wildman–Crippen MR) is 101 cm³/mol. The summed E-state index contributed by atoms with van der Waals surface area (Å²) in [4.78, 5) is 4.55. The van der Waals surface area contributed by atoms with Crippen LogP contribution in [-0.4, -0.2) is 38.8 Å². The van der Waals surface area contributed by atoms with E-state index in [0.717, 1.165) is 37.0 Å².